The van der Waals surface area contributed by atoms with Crippen molar-refractivity contribution in [2.75, 3.05) is 26.7 Å². The molecule has 1 heterocycles. The van der Waals surface area contributed by atoms with Gasteiger partial charge in [0.05, 0.1) is 0 Å². The summed E-state index contributed by atoms with van der Waals surface area (Å²) >= 11 is 0. The molecule has 0 aromatic heterocycles. The lowest BCUT2D eigenvalue weighted by Gasteiger charge is -2.26. The molecule has 2 rings (SSSR count). The van der Waals surface area contributed by atoms with Crippen molar-refractivity contribution < 1.29 is 4.74 Å². The van der Waals surface area contributed by atoms with Crippen molar-refractivity contribution in [3.8, 4) is 5.75 Å². The highest BCUT2D eigenvalue weighted by atomic mass is 16.5. The van der Waals surface area contributed by atoms with E-state index >= 15 is 0 Å². The first-order valence-electron chi connectivity index (χ1n) is 5.90. The van der Waals surface area contributed by atoms with Crippen LogP contribution in [0.3, 0.4) is 0 Å². The SMILES string of the molecule is CNCC(C)N1CCOc2ccccc2C1. The molecule has 3 nitrogen and oxygen atoms in total. The Balaban J connectivity index is 2.10. The lowest BCUT2D eigenvalue weighted by molar-refractivity contribution is 0.177. The van der Waals surface area contributed by atoms with Crippen molar-refractivity contribution in [1.29, 1.82) is 0 Å². The van der Waals surface area contributed by atoms with Gasteiger partial charge in [0.2, 0.25) is 0 Å². The maximum absolute atomic E-state index is 5.74. The van der Waals surface area contributed by atoms with Gasteiger partial charge in [-0.2, -0.15) is 0 Å². The van der Waals surface area contributed by atoms with Gasteiger partial charge in [0.15, 0.2) is 0 Å². The Kier molecular flexibility index (Phi) is 3.80. The molecule has 0 saturated heterocycles. The normalized spacial score (nSPS) is 18.4. The first-order chi connectivity index (χ1) is 7.81. The fraction of sp³-hybridized carbons (Fsp3) is 0.538. The molecule has 1 atom stereocenters. The Morgan fingerprint density at radius 1 is 1.44 bits per heavy atom. The van der Waals surface area contributed by atoms with E-state index in [4.69, 9.17) is 4.74 Å². The van der Waals surface area contributed by atoms with Gasteiger partial charge in [0.1, 0.15) is 12.4 Å². The summed E-state index contributed by atoms with van der Waals surface area (Å²) in [5.74, 6) is 1.04. The second-order valence-corrected chi connectivity index (χ2v) is 4.33. The summed E-state index contributed by atoms with van der Waals surface area (Å²) in [7, 11) is 2.00. The van der Waals surface area contributed by atoms with Crippen LogP contribution in [0.1, 0.15) is 12.5 Å². The molecular weight excluding hydrogens is 200 g/mol. The van der Waals surface area contributed by atoms with E-state index < -0.39 is 0 Å². The standard InChI is InChI=1S/C13H20N2O/c1-11(9-14-2)15-7-8-16-13-6-4-3-5-12(13)10-15/h3-6,11,14H,7-10H2,1-2H3. The maximum Gasteiger partial charge on any atom is 0.123 e. The van der Waals surface area contributed by atoms with Crippen molar-refractivity contribution in [1.82, 2.24) is 10.2 Å². The summed E-state index contributed by atoms with van der Waals surface area (Å²) in [6.45, 7) is 6.04. The molecule has 0 amide bonds. The molecule has 0 aliphatic carbocycles. The van der Waals surface area contributed by atoms with Gasteiger partial charge in [0, 0.05) is 31.2 Å². The molecule has 1 aliphatic rings. The van der Waals surface area contributed by atoms with Gasteiger partial charge in [-0.15, -0.1) is 0 Å². The fourth-order valence-electron chi connectivity index (χ4n) is 2.15. The minimum atomic E-state index is 0.541. The Labute approximate surface area is 97.4 Å². The molecule has 0 fully saturated rings. The molecule has 0 spiro atoms. The third kappa shape index (κ3) is 2.54. The monoisotopic (exact) mass is 220 g/mol. The Hall–Kier alpha value is -1.06. The third-order valence-electron chi connectivity index (χ3n) is 3.10. The van der Waals surface area contributed by atoms with Crippen LogP contribution < -0.4 is 10.1 Å². The van der Waals surface area contributed by atoms with Crippen LogP contribution in [0.25, 0.3) is 0 Å². The van der Waals surface area contributed by atoms with Crippen LogP contribution in [0.4, 0.5) is 0 Å². The maximum atomic E-state index is 5.74. The van der Waals surface area contributed by atoms with E-state index in [2.05, 4.69) is 35.3 Å². The van der Waals surface area contributed by atoms with Gasteiger partial charge >= 0.3 is 0 Å². The van der Waals surface area contributed by atoms with E-state index in [9.17, 15) is 0 Å². The number of hydrogen-bond acceptors (Lipinski definition) is 3. The summed E-state index contributed by atoms with van der Waals surface area (Å²) in [6.07, 6.45) is 0. The average molecular weight is 220 g/mol. The van der Waals surface area contributed by atoms with Crippen molar-refractivity contribution in [3.05, 3.63) is 29.8 Å². The highest BCUT2D eigenvalue weighted by Gasteiger charge is 2.18. The molecule has 1 aliphatic heterocycles. The zero-order valence-corrected chi connectivity index (χ0v) is 10.1. The topological polar surface area (TPSA) is 24.5 Å². The number of likely N-dealkylation sites (N-methyl/N-ethyl adjacent to an activating group) is 1. The van der Waals surface area contributed by atoms with Crippen LogP contribution >= 0.6 is 0 Å². The molecule has 16 heavy (non-hydrogen) atoms. The summed E-state index contributed by atoms with van der Waals surface area (Å²) in [5.41, 5.74) is 1.29. The van der Waals surface area contributed by atoms with E-state index in [0.29, 0.717) is 6.04 Å². The minimum Gasteiger partial charge on any atom is -0.492 e. The predicted molar refractivity (Wildman–Crippen MR) is 65.7 cm³/mol. The average Bonchev–Trinajstić information content (AvgIpc) is 2.51. The molecular formula is C13H20N2O. The van der Waals surface area contributed by atoms with Crippen molar-refractivity contribution in [3.63, 3.8) is 0 Å². The van der Waals surface area contributed by atoms with E-state index in [-0.39, 0.29) is 0 Å². The molecule has 1 aromatic carbocycles. The number of nitrogens with zero attached hydrogens (tertiary/aromatic N) is 1. The van der Waals surface area contributed by atoms with E-state index in [1.165, 1.54) is 5.56 Å². The van der Waals surface area contributed by atoms with Crippen LogP contribution in [0, 0.1) is 0 Å². The van der Waals surface area contributed by atoms with Crippen LogP contribution in [0.15, 0.2) is 24.3 Å². The number of hydrogen-bond donors (Lipinski definition) is 1. The van der Waals surface area contributed by atoms with E-state index in [0.717, 1.165) is 32.0 Å². The molecule has 1 aromatic rings. The van der Waals surface area contributed by atoms with Crippen molar-refractivity contribution >= 4 is 0 Å². The Bertz CT molecular complexity index is 340. The van der Waals surface area contributed by atoms with Gasteiger partial charge in [-0.05, 0) is 20.0 Å². The van der Waals surface area contributed by atoms with Gasteiger partial charge in [-0.3, -0.25) is 4.90 Å². The predicted octanol–water partition coefficient (Wildman–Crippen LogP) is 1.49. The molecule has 0 saturated carbocycles. The molecule has 0 bridgehead atoms. The van der Waals surface area contributed by atoms with E-state index in [1.54, 1.807) is 0 Å². The summed E-state index contributed by atoms with van der Waals surface area (Å²) in [5, 5.41) is 3.23. The quantitative estimate of drug-likeness (QED) is 0.835. The zero-order chi connectivity index (χ0) is 11.4. The minimum absolute atomic E-state index is 0.541. The summed E-state index contributed by atoms with van der Waals surface area (Å²) < 4.78 is 5.74. The van der Waals surface area contributed by atoms with Crippen LogP contribution in [-0.4, -0.2) is 37.7 Å². The Morgan fingerprint density at radius 3 is 3.06 bits per heavy atom. The first kappa shape index (κ1) is 11.4. The number of ether oxygens (including phenoxy) is 1. The summed E-state index contributed by atoms with van der Waals surface area (Å²) in [6, 6.07) is 8.86. The van der Waals surface area contributed by atoms with E-state index in [1.807, 2.05) is 13.1 Å². The fourth-order valence-corrected chi connectivity index (χ4v) is 2.15. The zero-order valence-electron chi connectivity index (χ0n) is 10.1. The number of nitrogens with one attached hydrogen (secondary N) is 1. The van der Waals surface area contributed by atoms with Crippen LogP contribution in [0.2, 0.25) is 0 Å². The largest absolute Gasteiger partial charge is 0.492 e. The van der Waals surface area contributed by atoms with Crippen molar-refractivity contribution in [2.24, 2.45) is 0 Å². The second kappa shape index (κ2) is 5.32. The Morgan fingerprint density at radius 2 is 2.25 bits per heavy atom. The number of fused-ring (bicyclic) bond motifs is 1. The lowest BCUT2D eigenvalue weighted by atomic mass is 10.1. The van der Waals surface area contributed by atoms with Crippen LogP contribution in [-0.2, 0) is 6.54 Å². The van der Waals surface area contributed by atoms with Gasteiger partial charge in [-0.1, -0.05) is 18.2 Å². The highest BCUT2D eigenvalue weighted by Crippen LogP contribution is 2.23. The van der Waals surface area contributed by atoms with Gasteiger partial charge in [-0.25, -0.2) is 0 Å². The molecule has 1 N–H and O–H groups in total. The highest BCUT2D eigenvalue weighted by molar-refractivity contribution is 5.33. The lowest BCUT2D eigenvalue weighted by Crippen LogP contribution is -2.40. The number of benzene rings is 1. The summed E-state index contributed by atoms with van der Waals surface area (Å²) in [4.78, 5) is 2.46. The third-order valence-corrected chi connectivity index (χ3v) is 3.10. The number of rotatable bonds is 3. The van der Waals surface area contributed by atoms with Crippen LogP contribution in [0.5, 0.6) is 5.75 Å². The van der Waals surface area contributed by atoms with Gasteiger partial charge in [0.25, 0.3) is 0 Å². The molecule has 88 valence electrons. The van der Waals surface area contributed by atoms with Crippen molar-refractivity contribution in [2.45, 2.75) is 19.5 Å². The first-order valence-corrected chi connectivity index (χ1v) is 5.90. The number of para-hydroxylation sites is 1. The molecule has 3 heteroatoms. The second-order valence-electron chi connectivity index (χ2n) is 4.33. The molecule has 1 unspecified atom stereocenters. The van der Waals surface area contributed by atoms with Gasteiger partial charge < -0.3 is 10.1 Å². The molecule has 0 radical (unpaired) electrons. The smallest absolute Gasteiger partial charge is 0.123 e.